The van der Waals surface area contributed by atoms with Crippen LogP contribution in [0, 0.1) is 5.82 Å². The quantitative estimate of drug-likeness (QED) is 0.622. The Morgan fingerprint density at radius 3 is 2.41 bits per heavy atom. The van der Waals surface area contributed by atoms with Crippen molar-refractivity contribution in [3.63, 3.8) is 0 Å². The number of benzene rings is 2. The fourth-order valence-electron chi connectivity index (χ4n) is 3.98. The Morgan fingerprint density at radius 1 is 0.966 bits per heavy atom. The summed E-state index contributed by atoms with van der Waals surface area (Å²) in [6, 6.07) is 13.1. The summed E-state index contributed by atoms with van der Waals surface area (Å²) in [5, 5.41) is 0.993. The van der Waals surface area contributed by atoms with Crippen LogP contribution in [-0.4, -0.2) is 53.9 Å². The van der Waals surface area contributed by atoms with Crippen LogP contribution in [0.4, 0.5) is 15.2 Å². The van der Waals surface area contributed by atoms with Gasteiger partial charge in [-0.2, -0.15) is 0 Å². The molecular formula is C21H19FN4O2S. The summed E-state index contributed by atoms with van der Waals surface area (Å²) in [5.74, 6) is -0.856. The second kappa shape index (κ2) is 7.20. The first-order valence-electron chi connectivity index (χ1n) is 9.57. The maximum Gasteiger partial charge on any atom is 0.251 e. The molecule has 0 radical (unpaired) electrons. The summed E-state index contributed by atoms with van der Waals surface area (Å²) in [6.07, 6.45) is 0.164. The van der Waals surface area contributed by atoms with Crippen LogP contribution in [0.15, 0.2) is 48.5 Å². The van der Waals surface area contributed by atoms with E-state index in [0.717, 1.165) is 28.4 Å². The van der Waals surface area contributed by atoms with Crippen molar-refractivity contribution in [1.29, 1.82) is 0 Å². The van der Waals surface area contributed by atoms with Crippen molar-refractivity contribution in [1.82, 2.24) is 9.88 Å². The number of para-hydroxylation sites is 1. The van der Waals surface area contributed by atoms with Crippen LogP contribution in [0.25, 0.3) is 10.2 Å². The first-order valence-corrected chi connectivity index (χ1v) is 10.4. The first kappa shape index (κ1) is 18.2. The highest BCUT2D eigenvalue weighted by Gasteiger charge is 2.43. The number of aromatic nitrogens is 1. The van der Waals surface area contributed by atoms with E-state index in [1.54, 1.807) is 11.3 Å². The summed E-state index contributed by atoms with van der Waals surface area (Å²) < 4.78 is 14.3. The molecule has 29 heavy (non-hydrogen) atoms. The molecule has 1 aromatic heterocycles. The molecule has 2 saturated heterocycles. The molecule has 0 N–H and O–H groups in total. The molecule has 0 saturated carbocycles. The topological polar surface area (TPSA) is 56.8 Å². The number of nitrogens with zero attached hydrogens (tertiary/aromatic N) is 4. The van der Waals surface area contributed by atoms with Gasteiger partial charge in [-0.15, -0.1) is 0 Å². The van der Waals surface area contributed by atoms with Gasteiger partial charge in [0, 0.05) is 26.2 Å². The molecule has 5 rings (SSSR count). The van der Waals surface area contributed by atoms with E-state index in [2.05, 4.69) is 15.9 Å². The average Bonchev–Trinajstić information content (AvgIpc) is 3.30. The van der Waals surface area contributed by atoms with Crippen LogP contribution in [-0.2, 0) is 9.59 Å². The number of fused-ring (bicyclic) bond motifs is 1. The van der Waals surface area contributed by atoms with E-state index >= 15 is 0 Å². The van der Waals surface area contributed by atoms with Gasteiger partial charge in [0.1, 0.15) is 5.82 Å². The Morgan fingerprint density at radius 2 is 1.69 bits per heavy atom. The standard InChI is InChI=1S/C21H19FN4O2S/c22-14-5-7-15(8-6-14)26-19(27)13-17(20(26)28)24-9-11-25(12-10-24)21-23-16-3-1-2-4-18(16)29-21/h1-8,17H,9-13H2/t17-/m1/s1. The van der Waals surface area contributed by atoms with Crippen molar-refractivity contribution < 1.29 is 14.0 Å². The molecule has 0 spiro atoms. The number of carbonyl (C=O) groups is 2. The highest BCUT2D eigenvalue weighted by atomic mass is 32.1. The van der Waals surface area contributed by atoms with Gasteiger partial charge in [0.2, 0.25) is 5.91 Å². The fourth-order valence-corrected chi connectivity index (χ4v) is 5.00. The van der Waals surface area contributed by atoms with Gasteiger partial charge in [-0.05, 0) is 36.4 Å². The molecule has 0 aliphatic carbocycles. The van der Waals surface area contributed by atoms with Crippen LogP contribution in [0.1, 0.15) is 6.42 Å². The summed E-state index contributed by atoms with van der Waals surface area (Å²) in [6.45, 7) is 2.90. The highest BCUT2D eigenvalue weighted by Crippen LogP contribution is 2.31. The summed E-state index contributed by atoms with van der Waals surface area (Å²) in [5.41, 5.74) is 1.43. The molecule has 2 amide bonds. The van der Waals surface area contributed by atoms with Crippen LogP contribution >= 0.6 is 11.3 Å². The normalized spacial score (nSPS) is 20.8. The summed E-state index contributed by atoms with van der Waals surface area (Å²) in [4.78, 5) is 35.6. The van der Waals surface area contributed by atoms with E-state index < -0.39 is 11.9 Å². The maximum atomic E-state index is 13.2. The fraction of sp³-hybridized carbons (Fsp3) is 0.286. The zero-order chi connectivity index (χ0) is 20.0. The van der Waals surface area contributed by atoms with Gasteiger partial charge in [0.15, 0.2) is 5.13 Å². The number of rotatable bonds is 3. The van der Waals surface area contributed by atoms with Crippen molar-refractivity contribution in [3.05, 3.63) is 54.3 Å². The molecule has 2 aromatic carbocycles. The molecule has 3 heterocycles. The minimum absolute atomic E-state index is 0.164. The lowest BCUT2D eigenvalue weighted by Crippen LogP contribution is -2.52. The Bertz CT molecular complexity index is 1040. The van der Waals surface area contributed by atoms with Gasteiger partial charge in [-0.1, -0.05) is 23.5 Å². The van der Waals surface area contributed by atoms with Crippen LogP contribution < -0.4 is 9.80 Å². The Kier molecular flexibility index (Phi) is 4.52. The number of carbonyl (C=O) groups excluding carboxylic acids is 2. The third-order valence-corrected chi connectivity index (χ3v) is 6.61. The van der Waals surface area contributed by atoms with Crippen LogP contribution in [0.3, 0.4) is 0 Å². The number of anilines is 2. The number of imide groups is 1. The molecule has 6 nitrogen and oxygen atoms in total. The molecule has 0 unspecified atom stereocenters. The van der Waals surface area contributed by atoms with Gasteiger partial charge < -0.3 is 4.90 Å². The van der Waals surface area contributed by atoms with E-state index in [1.807, 2.05) is 18.2 Å². The molecule has 2 aliphatic rings. The van der Waals surface area contributed by atoms with E-state index in [1.165, 1.54) is 29.2 Å². The zero-order valence-corrected chi connectivity index (χ0v) is 16.4. The monoisotopic (exact) mass is 410 g/mol. The minimum Gasteiger partial charge on any atom is -0.345 e. The lowest BCUT2D eigenvalue weighted by Gasteiger charge is -2.36. The van der Waals surface area contributed by atoms with Crippen molar-refractivity contribution in [3.8, 4) is 0 Å². The SMILES string of the molecule is O=C1C[C@@H](N2CCN(c3nc4ccccc4s3)CC2)C(=O)N1c1ccc(F)cc1. The summed E-state index contributed by atoms with van der Waals surface area (Å²) in [7, 11) is 0. The second-order valence-electron chi connectivity index (χ2n) is 7.25. The third-order valence-electron chi connectivity index (χ3n) is 5.52. The Hall–Kier alpha value is -2.84. The van der Waals surface area contributed by atoms with Crippen molar-refractivity contribution >= 4 is 44.2 Å². The molecule has 8 heteroatoms. The number of piperazine rings is 1. The van der Waals surface area contributed by atoms with Crippen molar-refractivity contribution in [2.75, 3.05) is 36.0 Å². The number of hydrogen-bond donors (Lipinski definition) is 0. The zero-order valence-electron chi connectivity index (χ0n) is 15.6. The predicted octanol–water partition coefficient (Wildman–Crippen LogP) is 2.89. The third kappa shape index (κ3) is 3.28. The molecule has 1 atom stereocenters. The molecule has 0 bridgehead atoms. The van der Waals surface area contributed by atoms with Gasteiger partial charge in [0.25, 0.3) is 5.91 Å². The maximum absolute atomic E-state index is 13.2. The minimum atomic E-state index is -0.454. The first-order chi connectivity index (χ1) is 14.1. The number of halogens is 1. The number of amides is 2. The second-order valence-corrected chi connectivity index (χ2v) is 8.26. The average molecular weight is 410 g/mol. The van der Waals surface area contributed by atoms with Gasteiger partial charge >= 0.3 is 0 Å². The Balaban J connectivity index is 1.27. The largest absolute Gasteiger partial charge is 0.345 e. The van der Waals surface area contributed by atoms with Crippen LogP contribution in [0.2, 0.25) is 0 Å². The molecule has 148 valence electrons. The van der Waals surface area contributed by atoms with Crippen molar-refractivity contribution in [2.24, 2.45) is 0 Å². The molecule has 2 fully saturated rings. The lowest BCUT2D eigenvalue weighted by atomic mass is 10.2. The van der Waals surface area contributed by atoms with E-state index in [4.69, 9.17) is 4.98 Å². The van der Waals surface area contributed by atoms with Crippen LogP contribution in [0.5, 0.6) is 0 Å². The number of hydrogen-bond acceptors (Lipinski definition) is 6. The van der Waals surface area contributed by atoms with Gasteiger partial charge in [0.05, 0.1) is 28.4 Å². The van der Waals surface area contributed by atoms with E-state index in [9.17, 15) is 14.0 Å². The molecule has 3 aromatic rings. The summed E-state index contributed by atoms with van der Waals surface area (Å²) >= 11 is 1.67. The van der Waals surface area contributed by atoms with Gasteiger partial charge in [-0.25, -0.2) is 14.3 Å². The smallest absolute Gasteiger partial charge is 0.251 e. The molecular weight excluding hydrogens is 391 g/mol. The number of thiazole rings is 1. The van der Waals surface area contributed by atoms with Crippen molar-refractivity contribution in [2.45, 2.75) is 12.5 Å². The van der Waals surface area contributed by atoms with E-state index in [-0.39, 0.29) is 18.2 Å². The van der Waals surface area contributed by atoms with Gasteiger partial charge in [-0.3, -0.25) is 14.5 Å². The Labute approximate surface area is 171 Å². The highest BCUT2D eigenvalue weighted by molar-refractivity contribution is 7.22. The molecule has 2 aliphatic heterocycles. The lowest BCUT2D eigenvalue weighted by molar-refractivity contribution is -0.123. The van der Waals surface area contributed by atoms with E-state index in [0.29, 0.717) is 18.8 Å². The predicted molar refractivity (Wildman–Crippen MR) is 111 cm³/mol.